The summed E-state index contributed by atoms with van der Waals surface area (Å²) >= 11 is 0. The molecule has 2 aliphatic rings. The molecule has 33 heavy (non-hydrogen) atoms. The van der Waals surface area contributed by atoms with Gasteiger partial charge in [0, 0.05) is 36.6 Å². The average Bonchev–Trinajstić information content (AvgIpc) is 3.36. The number of nitrogens with two attached hydrogens (primary N) is 1. The fourth-order valence-electron chi connectivity index (χ4n) is 4.56. The highest BCUT2D eigenvalue weighted by molar-refractivity contribution is 5.97. The molecule has 0 aromatic heterocycles. The molecule has 0 bridgehead atoms. The Bertz CT molecular complexity index is 978. The number of aryl methyl sites for hydroxylation is 1. The van der Waals surface area contributed by atoms with E-state index in [0.717, 1.165) is 49.5 Å². The summed E-state index contributed by atoms with van der Waals surface area (Å²) in [5.74, 6) is 0.0110. The minimum Gasteiger partial charge on any atom is -0.384 e. The lowest BCUT2D eigenvalue weighted by molar-refractivity contribution is -0.120. The molecule has 2 heterocycles. The Hall–Kier alpha value is -3.06. The molecule has 2 saturated heterocycles. The van der Waals surface area contributed by atoms with Crippen LogP contribution in [0.25, 0.3) is 0 Å². The maximum Gasteiger partial charge on any atom is 0.265 e. The fourth-order valence-corrected chi connectivity index (χ4v) is 4.56. The lowest BCUT2D eigenvalue weighted by Crippen LogP contribution is -2.29. The average molecular weight is 450 g/mol. The van der Waals surface area contributed by atoms with E-state index in [1.165, 1.54) is 43.4 Å². The quantitative estimate of drug-likeness (QED) is 0.363. The summed E-state index contributed by atoms with van der Waals surface area (Å²) in [6, 6.07) is 14.2. The van der Waals surface area contributed by atoms with Crippen molar-refractivity contribution in [3.63, 3.8) is 0 Å². The Morgan fingerprint density at radius 1 is 1.03 bits per heavy atom. The van der Waals surface area contributed by atoms with E-state index in [0.29, 0.717) is 0 Å². The number of carbonyl (C=O) groups is 1. The first kappa shape index (κ1) is 23.1. The molecule has 1 amide bonds. The number of anilines is 2. The van der Waals surface area contributed by atoms with Crippen LogP contribution in [0.2, 0.25) is 0 Å². The van der Waals surface area contributed by atoms with Crippen LogP contribution in [0.5, 0.6) is 0 Å². The molecule has 0 saturated carbocycles. The van der Waals surface area contributed by atoms with Crippen molar-refractivity contribution in [3.05, 3.63) is 59.2 Å². The van der Waals surface area contributed by atoms with Crippen molar-refractivity contribution in [2.45, 2.75) is 45.6 Å². The van der Waals surface area contributed by atoms with Crippen LogP contribution in [0, 0.1) is 6.92 Å². The second-order valence-electron chi connectivity index (χ2n) is 9.03. The highest BCUT2D eigenvalue weighted by Crippen LogP contribution is 2.25. The predicted molar refractivity (Wildman–Crippen MR) is 134 cm³/mol. The molecule has 7 heteroatoms. The van der Waals surface area contributed by atoms with Gasteiger partial charge in [-0.15, -0.1) is 0 Å². The van der Waals surface area contributed by atoms with Gasteiger partial charge in [0.2, 0.25) is 0 Å². The van der Waals surface area contributed by atoms with Gasteiger partial charge in [-0.05, 0) is 81.1 Å². The third-order valence-electron chi connectivity index (χ3n) is 6.39. The van der Waals surface area contributed by atoms with Crippen LogP contribution in [-0.2, 0) is 16.2 Å². The molecule has 2 aliphatic heterocycles. The van der Waals surface area contributed by atoms with Crippen molar-refractivity contribution in [2.24, 2.45) is 10.9 Å². The lowest BCUT2D eigenvalue weighted by atomic mass is 10.1. The monoisotopic (exact) mass is 449 g/mol. The Kier molecular flexibility index (Phi) is 7.83. The van der Waals surface area contributed by atoms with Crippen molar-refractivity contribution < 1.29 is 9.63 Å². The van der Waals surface area contributed by atoms with Gasteiger partial charge in [-0.3, -0.25) is 9.69 Å². The van der Waals surface area contributed by atoms with Crippen molar-refractivity contribution in [2.75, 3.05) is 43.0 Å². The molecule has 2 aromatic carbocycles. The number of benzene rings is 2. The van der Waals surface area contributed by atoms with Gasteiger partial charge in [0.15, 0.2) is 12.4 Å². The van der Waals surface area contributed by atoms with Crippen molar-refractivity contribution in [1.29, 1.82) is 0 Å². The van der Waals surface area contributed by atoms with Crippen LogP contribution < -0.4 is 16.0 Å². The fraction of sp³-hybridized carbons (Fsp3) is 0.462. The summed E-state index contributed by atoms with van der Waals surface area (Å²) in [6.07, 6.45) is 6.33. The summed E-state index contributed by atoms with van der Waals surface area (Å²) in [6.45, 7) is 7.21. The Morgan fingerprint density at radius 3 is 2.55 bits per heavy atom. The minimum absolute atomic E-state index is 0.193. The number of hydrogen-bond acceptors (Lipinski definition) is 5. The smallest absolute Gasteiger partial charge is 0.265 e. The first-order valence-corrected chi connectivity index (χ1v) is 12.0. The molecule has 4 rings (SSSR count). The molecule has 7 nitrogen and oxygen atoms in total. The third kappa shape index (κ3) is 6.48. The molecule has 176 valence electrons. The third-order valence-corrected chi connectivity index (χ3v) is 6.39. The number of nitrogens with one attached hydrogen (secondary N) is 1. The molecule has 3 N–H and O–H groups in total. The molecule has 0 aliphatic carbocycles. The summed E-state index contributed by atoms with van der Waals surface area (Å²) in [5.41, 5.74) is 11.1. The van der Waals surface area contributed by atoms with Crippen LogP contribution in [0.15, 0.2) is 47.6 Å². The van der Waals surface area contributed by atoms with Gasteiger partial charge >= 0.3 is 0 Å². The molecule has 0 spiro atoms. The molecule has 2 fully saturated rings. The number of likely N-dealkylation sites (tertiary alicyclic amines) is 1. The SMILES string of the molecule is Cc1cc(N2CCCC2)ccc1NC(=O)CO/N=C(\N)c1cccc(CN2CCCCC2)c1. The zero-order valence-corrected chi connectivity index (χ0v) is 19.6. The largest absolute Gasteiger partial charge is 0.384 e. The molecule has 0 atom stereocenters. The van der Waals surface area contributed by atoms with Crippen molar-refractivity contribution >= 4 is 23.1 Å². The number of nitrogens with zero attached hydrogens (tertiary/aromatic N) is 3. The van der Waals surface area contributed by atoms with Crippen molar-refractivity contribution in [1.82, 2.24) is 4.90 Å². The van der Waals surface area contributed by atoms with Gasteiger partial charge in [-0.2, -0.15) is 0 Å². The highest BCUT2D eigenvalue weighted by atomic mass is 16.6. The van der Waals surface area contributed by atoms with Crippen LogP contribution in [0.4, 0.5) is 11.4 Å². The van der Waals surface area contributed by atoms with Gasteiger partial charge in [-0.25, -0.2) is 0 Å². The maximum absolute atomic E-state index is 12.3. The molecule has 2 aromatic rings. The van der Waals surface area contributed by atoms with E-state index in [2.05, 4.69) is 38.5 Å². The number of hydrogen-bond donors (Lipinski definition) is 2. The van der Waals surface area contributed by atoms with E-state index in [1.54, 1.807) is 0 Å². The standard InChI is InChI=1S/C26H35N5O2/c1-20-16-23(31-14-5-6-15-31)10-11-24(20)28-25(32)19-33-29-26(27)22-9-7-8-21(17-22)18-30-12-3-2-4-13-30/h7-11,16-17H,2-6,12-15,18-19H2,1H3,(H2,27,29)(H,28,32). The minimum atomic E-state index is -0.262. The van der Waals surface area contributed by atoms with E-state index in [9.17, 15) is 4.79 Å². The first-order chi connectivity index (χ1) is 16.1. The van der Waals surface area contributed by atoms with E-state index in [-0.39, 0.29) is 18.3 Å². The number of piperidine rings is 1. The Balaban J connectivity index is 1.28. The molecular weight excluding hydrogens is 414 g/mol. The second kappa shape index (κ2) is 11.2. The topological polar surface area (TPSA) is 83.2 Å². The van der Waals surface area contributed by atoms with Gasteiger partial charge < -0.3 is 20.8 Å². The van der Waals surface area contributed by atoms with Gasteiger partial charge in [-0.1, -0.05) is 29.8 Å². The Labute approximate surface area is 196 Å². The number of rotatable bonds is 8. The lowest BCUT2D eigenvalue weighted by Gasteiger charge is -2.26. The summed E-state index contributed by atoms with van der Waals surface area (Å²) in [4.78, 5) is 22.4. The summed E-state index contributed by atoms with van der Waals surface area (Å²) < 4.78 is 0. The number of amidine groups is 1. The van der Waals surface area contributed by atoms with Gasteiger partial charge in [0.25, 0.3) is 5.91 Å². The van der Waals surface area contributed by atoms with Crippen molar-refractivity contribution in [3.8, 4) is 0 Å². The van der Waals surface area contributed by atoms with Crippen LogP contribution in [0.3, 0.4) is 0 Å². The van der Waals surface area contributed by atoms with Crippen LogP contribution >= 0.6 is 0 Å². The number of carbonyl (C=O) groups excluding carboxylic acids is 1. The predicted octanol–water partition coefficient (Wildman–Crippen LogP) is 3.86. The zero-order chi connectivity index (χ0) is 23.0. The maximum atomic E-state index is 12.3. The van der Waals surface area contributed by atoms with E-state index < -0.39 is 0 Å². The molecular formula is C26H35N5O2. The van der Waals surface area contributed by atoms with Crippen LogP contribution in [0.1, 0.15) is 48.8 Å². The molecule has 0 radical (unpaired) electrons. The van der Waals surface area contributed by atoms with E-state index in [1.807, 2.05) is 31.2 Å². The Morgan fingerprint density at radius 2 is 1.79 bits per heavy atom. The molecule has 0 unspecified atom stereocenters. The second-order valence-corrected chi connectivity index (χ2v) is 9.03. The number of oxime groups is 1. The number of amides is 1. The highest BCUT2D eigenvalue weighted by Gasteiger charge is 2.14. The summed E-state index contributed by atoms with van der Waals surface area (Å²) in [5, 5.41) is 6.86. The van der Waals surface area contributed by atoms with E-state index >= 15 is 0 Å². The first-order valence-electron chi connectivity index (χ1n) is 12.0. The van der Waals surface area contributed by atoms with Gasteiger partial charge in [0.05, 0.1) is 0 Å². The van der Waals surface area contributed by atoms with Gasteiger partial charge in [0.1, 0.15) is 0 Å². The zero-order valence-electron chi connectivity index (χ0n) is 19.6. The summed E-state index contributed by atoms with van der Waals surface area (Å²) in [7, 11) is 0. The normalized spacial score (nSPS) is 17.2. The van der Waals surface area contributed by atoms with Crippen LogP contribution in [-0.4, -0.2) is 49.4 Å². The van der Waals surface area contributed by atoms with E-state index in [4.69, 9.17) is 10.6 Å².